The van der Waals surface area contributed by atoms with Crippen LogP contribution in [0.5, 0.6) is 5.88 Å². The molecule has 37 heavy (non-hydrogen) atoms. The molecule has 0 aliphatic carbocycles. The molecule has 0 bridgehead atoms. The number of carbonyl (C=O) groups is 2. The van der Waals surface area contributed by atoms with E-state index in [4.69, 9.17) is 4.74 Å². The summed E-state index contributed by atoms with van der Waals surface area (Å²) in [5.41, 5.74) is 1.08. The second-order valence-electron chi connectivity index (χ2n) is 8.71. The number of sulfonamides is 1. The number of benzene rings is 1. The van der Waals surface area contributed by atoms with Crippen LogP contribution in [-0.2, 0) is 21.9 Å². The first-order valence-corrected chi connectivity index (χ1v) is 13.3. The van der Waals surface area contributed by atoms with E-state index in [1.807, 2.05) is 30.3 Å². The molecule has 11 nitrogen and oxygen atoms in total. The summed E-state index contributed by atoms with van der Waals surface area (Å²) in [5.74, 6) is -0.179. The Morgan fingerprint density at radius 1 is 1.08 bits per heavy atom. The van der Waals surface area contributed by atoms with Crippen molar-refractivity contribution >= 4 is 21.8 Å². The van der Waals surface area contributed by atoms with Crippen molar-refractivity contribution in [1.82, 2.24) is 29.1 Å². The highest BCUT2D eigenvalue weighted by molar-refractivity contribution is 7.89. The maximum atomic E-state index is 13.8. The van der Waals surface area contributed by atoms with Gasteiger partial charge in [0, 0.05) is 58.1 Å². The molecule has 196 valence electrons. The summed E-state index contributed by atoms with van der Waals surface area (Å²) < 4.78 is 35.5. The number of rotatable bonds is 5. The molecule has 1 unspecified atom stereocenters. The number of nitrogens with one attached hydrogen (secondary N) is 1. The Morgan fingerprint density at radius 3 is 2.51 bits per heavy atom. The van der Waals surface area contributed by atoms with Gasteiger partial charge in [0.2, 0.25) is 11.8 Å². The Bertz CT molecular complexity index is 1330. The largest absolute Gasteiger partial charge is 0.481 e. The van der Waals surface area contributed by atoms with Gasteiger partial charge >= 0.3 is 0 Å². The summed E-state index contributed by atoms with van der Waals surface area (Å²) in [6.45, 7) is 0.898. The average Bonchev–Trinajstić information content (AvgIpc) is 3.34. The molecule has 12 heteroatoms. The molecular formula is C25H30N6O5S. The van der Waals surface area contributed by atoms with Crippen LogP contribution in [0.25, 0.3) is 0 Å². The summed E-state index contributed by atoms with van der Waals surface area (Å²) in [5, 5.41) is 2.75. The van der Waals surface area contributed by atoms with E-state index in [2.05, 4.69) is 15.3 Å². The Hall–Kier alpha value is -3.77. The SMILES string of the molecule is COc1ccc(C(=O)N2CCCN(S(=O)(=O)c3cn(C)cn3)C(c3ccccc3)CC(=O)NCC2)cn1. The lowest BCUT2D eigenvalue weighted by molar-refractivity contribution is -0.122. The van der Waals surface area contributed by atoms with Crippen LogP contribution in [0, 0.1) is 0 Å². The van der Waals surface area contributed by atoms with Crippen molar-refractivity contribution in [2.24, 2.45) is 7.05 Å². The zero-order valence-electron chi connectivity index (χ0n) is 20.8. The van der Waals surface area contributed by atoms with E-state index in [1.54, 1.807) is 28.6 Å². The Balaban J connectivity index is 1.65. The van der Waals surface area contributed by atoms with Crippen LogP contribution >= 0.6 is 0 Å². The van der Waals surface area contributed by atoms with Gasteiger partial charge in [0.25, 0.3) is 15.9 Å². The van der Waals surface area contributed by atoms with Gasteiger partial charge in [-0.15, -0.1) is 0 Å². The van der Waals surface area contributed by atoms with Crippen molar-refractivity contribution in [2.45, 2.75) is 23.9 Å². The number of hydrogen-bond acceptors (Lipinski definition) is 7. The number of imidazole rings is 1. The number of carbonyl (C=O) groups excluding carboxylic acids is 2. The lowest BCUT2D eigenvalue weighted by Crippen LogP contribution is -2.39. The fourth-order valence-corrected chi connectivity index (χ4v) is 5.89. The third-order valence-corrected chi connectivity index (χ3v) is 7.95. The van der Waals surface area contributed by atoms with Crippen LogP contribution in [0.3, 0.4) is 0 Å². The van der Waals surface area contributed by atoms with Crippen molar-refractivity contribution in [3.05, 3.63) is 72.3 Å². The highest BCUT2D eigenvalue weighted by atomic mass is 32.2. The first-order valence-electron chi connectivity index (χ1n) is 11.9. The van der Waals surface area contributed by atoms with E-state index < -0.39 is 16.1 Å². The molecule has 3 heterocycles. The Labute approximate surface area is 216 Å². The average molecular weight is 527 g/mol. The minimum Gasteiger partial charge on any atom is -0.481 e. The molecule has 1 aliphatic heterocycles. The molecule has 0 saturated carbocycles. The normalized spacial score (nSPS) is 18.1. The molecular weight excluding hydrogens is 496 g/mol. The maximum Gasteiger partial charge on any atom is 0.262 e. The van der Waals surface area contributed by atoms with Crippen LogP contribution in [0.2, 0.25) is 0 Å². The molecule has 0 spiro atoms. The summed E-state index contributed by atoms with van der Waals surface area (Å²) >= 11 is 0. The van der Waals surface area contributed by atoms with E-state index in [0.29, 0.717) is 23.4 Å². The van der Waals surface area contributed by atoms with Gasteiger partial charge in [-0.25, -0.2) is 18.4 Å². The highest BCUT2D eigenvalue weighted by Crippen LogP contribution is 2.30. The van der Waals surface area contributed by atoms with Crippen LogP contribution in [0.15, 0.2) is 66.2 Å². The molecule has 1 aromatic carbocycles. The van der Waals surface area contributed by atoms with Crippen LogP contribution in [0.4, 0.5) is 0 Å². The van der Waals surface area contributed by atoms with Gasteiger partial charge in [-0.2, -0.15) is 4.31 Å². The van der Waals surface area contributed by atoms with Crippen LogP contribution in [0.1, 0.15) is 34.8 Å². The zero-order valence-corrected chi connectivity index (χ0v) is 21.6. The fourth-order valence-electron chi connectivity index (χ4n) is 4.27. The van der Waals surface area contributed by atoms with E-state index in [-0.39, 0.29) is 49.4 Å². The number of ether oxygens (including phenoxy) is 1. The van der Waals surface area contributed by atoms with Crippen molar-refractivity contribution in [2.75, 3.05) is 33.3 Å². The van der Waals surface area contributed by atoms with Gasteiger partial charge in [0.1, 0.15) is 0 Å². The number of aromatic nitrogens is 3. The Kier molecular flexibility index (Phi) is 8.19. The Morgan fingerprint density at radius 2 is 1.86 bits per heavy atom. The summed E-state index contributed by atoms with van der Waals surface area (Å²) in [6.07, 6.45) is 4.60. The quantitative estimate of drug-likeness (QED) is 0.535. The molecule has 1 aliphatic rings. The van der Waals surface area contributed by atoms with Crippen LogP contribution < -0.4 is 10.1 Å². The molecule has 2 aromatic heterocycles. The predicted molar refractivity (Wildman–Crippen MR) is 135 cm³/mol. The van der Waals surface area contributed by atoms with E-state index >= 15 is 0 Å². The third kappa shape index (κ3) is 6.15. The number of nitrogens with zero attached hydrogens (tertiary/aromatic N) is 5. The van der Waals surface area contributed by atoms with Gasteiger partial charge in [-0.3, -0.25) is 9.59 Å². The zero-order chi connectivity index (χ0) is 26.4. The predicted octanol–water partition coefficient (Wildman–Crippen LogP) is 1.61. The van der Waals surface area contributed by atoms with Gasteiger partial charge in [0.05, 0.1) is 25.0 Å². The number of amides is 2. The van der Waals surface area contributed by atoms with Crippen LogP contribution in [-0.4, -0.2) is 77.3 Å². The minimum atomic E-state index is -4.05. The van der Waals surface area contributed by atoms with E-state index in [1.165, 1.54) is 30.1 Å². The molecule has 1 fully saturated rings. The molecule has 3 aromatic rings. The second-order valence-corrected chi connectivity index (χ2v) is 10.5. The summed E-state index contributed by atoms with van der Waals surface area (Å²) in [6, 6.07) is 11.6. The number of hydrogen-bond donors (Lipinski definition) is 1. The fraction of sp³-hybridized carbons (Fsp3) is 0.360. The smallest absolute Gasteiger partial charge is 0.262 e. The van der Waals surface area contributed by atoms with Crippen molar-refractivity contribution < 1.29 is 22.7 Å². The van der Waals surface area contributed by atoms with Crippen molar-refractivity contribution in [1.29, 1.82) is 0 Å². The number of methoxy groups -OCH3 is 1. The molecule has 0 radical (unpaired) electrons. The standard InChI is InChI=1S/C25H30N6O5S/c1-29-17-24(28-18-29)37(34,35)31-13-6-12-30(25(33)20-9-10-23(36-2)27-16-20)14-11-26-22(32)15-21(31)19-7-4-3-5-8-19/h3-5,7-10,16-18,21H,6,11-15H2,1-2H3,(H,26,32). The first-order chi connectivity index (χ1) is 17.8. The summed E-state index contributed by atoms with van der Waals surface area (Å²) in [7, 11) is -0.858. The first kappa shape index (κ1) is 26.3. The van der Waals surface area contributed by atoms with E-state index in [0.717, 1.165) is 0 Å². The lowest BCUT2D eigenvalue weighted by Gasteiger charge is -2.30. The molecule has 2 amide bonds. The second kappa shape index (κ2) is 11.5. The summed E-state index contributed by atoms with van der Waals surface area (Å²) in [4.78, 5) is 35.9. The van der Waals surface area contributed by atoms with Gasteiger partial charge in [-0.1, -0.05) is 30.3 Å². The van der Waals surface area contributed by atoms with Gasteiger partial charge in [-0.05, 0) is 18.1 Å². The monoisotopic (exact) mass is 526 g/mol. The topological polar surface area (TPSA) is 127 Å². The van der Waals surface area contributed by atoms with E-state index in [9.17, 15) is 18.0 Å². The molecule has 1 saturated heterocycles. The molecule has 1 N–H and O–H groups in total. The van der Waals surface area contributed by atoms with Crippen molar-refractivity contribution in [3.63, 3.8) is 0 Å². The minimum absolute atomic E-state index is 0.0631. The van der Waals surface area contributed by atoms with Crippen molar-refractivity contribution in [3.8, 4) is 5.88 Å². The lowest BCUT2D eigenvalue weighted by atomic mass is 10.0. The third-order valence-electron chi connectivity index (χ3n) is 6.15. The number of pyridine rings is 1. The highest BCUT2D eigenvalue weighted by Gasteiger charge is 2.35. The molecule has 1 atom stereocenters. The van der Waals surface area contributed by atoms with Gasteiger partial charge in [0.15, 0.2) is 5.03 Å². The van der Waals surface area contributed by atoms with Gasteiger partial charge < -0.3 is 19.5 Å². The molecule has 4 rings (SSSR count). The number of aryl methyl sites for hydroxylation is 1. The maximum absolute atomic E-state index is 13.8.